The molecule has 1 aliphatic rings. The summed E-state index contributed by atoms with van der Waals surface area (Å²) in [5.41, 5.74) is 0.471. The topological polar surface area (TPSA) is 46.5 Å². The average Bonchev–Trinajstić information content (AvgIpc) is 2.48. The van der Waals surface area contributed by atoms with E-state index in [4.69, 9.17) is 33.0 Å². The van der Waals surface area contributed by atoms with E-state index in [0.717, 1.165) is 30.5 Å². The monoisotopic (exact) mass is 466 g/mol. The highest BCUT2D eigenvalue weighted by atomic mass is 35.5. The zero-order valence-electron chi connectivity index (χ0n) is 17.3. The van der Waals surface area contributed by atoms with Crippen molar-refractivity contribution < 1.29 is 14.6 Å². The summed E-state index contributed by atoms with van der Waals surface area (Å²) in [6, 6.07) is 0. The van der Waals surface area contributed by atoms with Gasteiger partial charge in [-0.3, -0.25) is 0 Å². The van der Waals surface area contributed by atoms with Gasteiger partial charge in [0.15, 0.2) is 0 Å². The molecule has 0 saturated carbocycles. The first-order chi connectivity index (χ1) is 12.1. The van der Waals surface area contributed by atoms with Gasteiger partial charge in [-0.1, -0.05) is 49.0 Å². The number of aldehydes is 1. The molecular weight excluding hydrogens is 423 g/mol. The van der Waals surface area contributed by atoms with Gasteiger partial charge >= 0.3 is 0 Å². The molecule has 0 aliphatic carbocycles. The number of thioether (sulfide) groups is 1. The van der Waals surface area contributed by atoms with Gasteiger partial charge in [0, 0.05) is 30.1 Å². The Balaban J connectivity index is -0.000000143. The fraction of sp³-hybridized carbons (Fsp3) is 0.950. The highest BCUT2D eigenvalue weighted by molar-refractivity contribution is 8.00. The van der Waals surface area contributed by atoms with E-state index >= 15 is 0 Å². The molecule has 1 saturated heterocycles. The Morgan fingerprint density at radius 2 is 1.74 bits per heavy atom. The third-order valence-electron chi connectivity index (χ3n) is 2.99. The fourth-order valence-corrected chi connectivity index (χ4v) is 3.16. The number of hydrogen-bond acceptors (Lipinski definition) is 5. The highest BCUT2D eigenvalue weighted by Gasteiger charge is 2.20. The van der Waals surface area contributed by atoms with Crippen molar-refractivity contribution in [3.8, 4) is 0 Å². The smallest absolute Gasteiger partial charge is 0.120 e. The summed E-state index contributed by atoms with van der Waals surface area (Å²) in [6.45, 7) is 14.0. The number of hydrogen-bond donors (Lipinski definition) is 2. The lowest BCUT2D eigenvalue weighted by Gasteiger charge is -2.27. The summed E-state index contributed by atoms with van der Waals surface area (Å²) in [5, 5.41) is 9.52. The van der Waals surface area contributed by atoms with Crippen LogP contribution >= 0.6 is 47.6 Å². The minimum atomic E-state index is 0. The van der Waals surface area contributed by atoms with Gasteiger partial charge < -0.3 is 14.6 Å². The van der Waals surface area contributed by atoms with Crippen molar-refractivity contribution in [3.05, 3.63) is 0 Å². The summed E-state index contributed by atoms with van der Waals surface area (Å²) in [4.78, 5) is 9.62. The van der Waals surface area contributed by atoms with Gasteiger partial charge in [-0.15, -0.1) is 35.0 Å². The Kier molecular flexibility index (Phi) is 35.1. The maximum absolute atomic E-state index is 9.62. The zero-order chi connectivity index (χ0) is 21.0. The molecule has 0 aromatic heterocycles. The first kappa shape index (κ1) is 35.3. The number of carbonyl (C=O) groups is 1. The lowest BCUT2D eigenvalue weighted by atomic mass is 10.1. The van der Waals surface area contributed by atoms with E-state index in [9.17, 15) is 4.79 Å². The summed E-state index contributed by atoms with van der Waals surface area (Å²) in [6.07, 6.45) is 4.86. The summed E-state index contributed by atoms with van der Waals surface area (Å²) in [5.74, 6) is 1.29. The van der Waals surface area contributed by atoms with Crippen molar-refractivity contribution in [1.29, 1.82) is 0 Å². The van der Waals surface area contributed by atoms with E-state index in [2.05, 4.69) is 33.4 Å². The van der Waals surface area contributed by atoms with Crippen LogP contribution in [0.5, 0.6) is 0 Å². The van der Waals surface area contributed by atoms with E-state index in [-0.39, 0.29) is 19.4 Å². The lowest BCUT2D eigenvalue weighted by molar-refractivity contribution is -0.108. The molecule has 168 valence electrons. The Bertz CT molecular complexity index is 280. The first-order valence-corrected chi connectivity index (χ1v) is 11.8. The Morgan fingerprint density at radius 1 is 1.22 bits per heavy atom. The van der Waals surface area contributed by atoms with Gasteiger partial charge in [0.1, 0.15) is 11.7 Å². The number of rotatable bonds is 6. The molecule has 3 unspecified atom stereocenters. The standard InChI is InChI=1S/C9H18OS.C5H10O.C4H10OS.CH2Cl2.CH4/c1-7(2)6-9-10-5-4-8(3)11-9;1-5(2)3-4-6;1-4(6)2-3-5;2-1-3;/h7-9H,4-6H2,1-3H3;4-5H,3H2,1-2H3;4-6H,2-3H2,1H3;1H2;1H4. The molecule has 1 N–H and O–H groups in total. The Morgan fingerprint density at radius 3 is 1.96 bits per heavy atom. The Labute approximate surface area is 189 Å². The van der Waals surface area contributed by atoms with Gasteiger partial charge in [0.25, 0.3) is 0 Å². The maximum atomic E-state index is 9.62. The third-order valence-corrected chi connectivity index (χ3v) is 4.58. The molecule has 0 radical (unpaired) electrons. The van der Waals surface area contributed by atoms with E-state index in [0.29, 0.717) is 23.0 Å². The second-order valence-corrected chi connectivity index (χ2v) is 10.2. The van der Waals surface area contributed by atoms with Crippen molar-refractivity contribution in [3.63, 3.8) is 0 Å². The SMILES string of the molecule is C.CC(C)CC1OCCC(C)S1.CC(C)CC=O.CC(S)CCO.ClCCl. The molecule has 3 atom stereocenters. The van der Waals surface area contributed by atoms with Gasteiger partial charge in [-0.05, 0) is 31.1 Å². The van der Waals surface area contributed by atoms with Crippen molar-refractivity contribution in [2.75, 3.05) is 18.6 Å². The van der Waals surface area contributed by atoms with Crippen LogP contribution in [0.1, 0.15) is 74.7 Å². The second-order valence-electron chi connectivity index (χ2n) is 6.92. The summed E-state index contributed by atoms with van der Waals surface area (Å²) < 4.78 is 5.62. The molecular formula is C20H44Cl2O3S2. The number of alkyl halides is 2. The average molecular weight is 468 g/mol. The normalized spacial score (nSPS) is 19.3. The predicted octanol–water partition coefficient (Wildman–Crippen LogP) is 6.88. The quantitative estimate of drug-likeness (QED) is 0.254. The molecule has 0 aromatic carbocycles. The number of carbonyl (C=O) groups excluding carboxylic acids is 1. The van der Waals surface area contributed by atoms with Crippen LogP contribution < -0.4 is 0 Å². The minimum absolute atomic E-state index is 0. The van der Waals surface area contributed by atoms with E-state index in [1.54, 1.807) is 0 Å². The van der Waals surface area contributed by atoms with Crippen molar-refractivity contribution >= 4 is 53.9 Å². The molecule has 7 heteroatoms. The third kappa shape index (κ3) is 38.2. The molecule has 0 bridgehead atoms. The zero-order valence-corrected chi connectivity index (χ0v) is 20.5. The van der Waals surface area contributed by atoms with Crippen LogP contribution in [0, 0.1) is 11.8 Å². The number of aliphatic hydroxyl groups excluding tert-OH is 1. The molecule has 0 spiro atoms. The minimum Gasteiger partial charge on any atom is -0.396 e. The molecule has 1 fully saturated rings. The fourth-order valence-electron chi connectivity index (χ4n) is 1.62. The first-order valence-electron chi connectivity index (χ1n) is 9.25. The number of aliphatic hydroxyl groups is 1. The number of halogens is 2. The van der Waals surface area contributed by atoms with Crippen molar-refractivity contribution in [1.82, 2.24) is 0 Å². The molecule has 27 heavy (non-hydrogen) atoms. The second kappa shape index (κ2) is 26.9. The lowest BCUT2D eigenvalue weighted by Crippen LogP contribution is -2.22. The van der Waals surface area contributed by atoms with Crippen molar-refractivity contribution in [2.24, 2.45) is 11.8 Å². The summed E-state index contributed by atoms with van der Waals surface area (Å²) in [7, 11) is 0. The molecule has 1 rings (SSSR count). The summed E-state index contributed by atoms with van der Waals surface area (Å²) >= 11 is 15.5. The molecule has 1 aliphatic heterocycles. The Hall–Kier alpha value is 0.870. The number of ether oxygens (including phenoxy) is 1. The van der Waals surface area contributed by atoms with Crippen LogP contribution in [-0.4, -0.2) is 45.9 Å². The largest absolute Gasteiger partial charge is 0.396 e. The highest BCUT2D eigenvalue weighted by Crippen LogP contribution is 2.30. The van der Waals surface area contributed by atoms with Crippen LogP contribution in [0.15, 0.2) is 0 Å². The van der Waals surface area contributed by atoms with Crippen molar-refractivity contribution in [2.45, 2.75) is 90.6 Å². The van der Waals surface area contributed by atoms with Crippen LogP contribution in [0.3, 0.4) is 0 Å². The van der Waals surface area contributed by atoms with Gasteiger partial charge in [-0.25, -0.2) is 0 Å². The predicted molar refractivity (Wildman–Crippen MR) is 130 cm³/mol. The van der Waals surface area contributed by atoms with Crippen LogP contribution in [-0.2, 0) is 9.53 Å². The maximum Gasteiger partial charge on any atom is 0.120 e. The van der Waals surface area contributed by atoms with E-state index in [1.165, 1.54) is 12.8 Å². The van der Waals surface area contributed by atoms with E-state index in [1.807, 2.05) is 32.5 Å². The van der Waals surface area contributed by atoms with Crippen LogP contribution in [0.4, 0.5) is 0 Å². The van der Waals surface area contributed by atoms with Gasteiger partial charge in [-0.2, -0.15) is 12.6 Å². The van der Waals surface area contributed by atoms with Crippen LogP contribution in [0.25, 0.3) is 0 Å². The molecule has 0 amide bonds. The van der Waals surface area contributed by atoms with Crippen LogP contribution in [0.2, 0.25) is 0 Å². The van der Waals surface area contributed by atoms with Gasteiger partial charge in [0.2, 0.25) is 0 Å². The molecule has 3 nitrogen and oxygen atoms in total. The number of thiol groups is 1. The molecule has 1 heterocycles. The van der Waals surface area contributed by atoms with E-state index < -0.39 is 0 Å². The molecule has 0 aromatic rings. The van der Waals surface area contributed by atoms with Gasteiger partial charge in [0.05, 0.1) is 5.34 Å².